The van der Waals surface area contributed by atoms with E-state index in [1.165, 1.54) is 10.2 Å². The fourth-order valence-corrected chi connectivity index (χ4v) is 3.51. The van der Waals surface area contributed by atoms with Gasteiger partial charge in [0.25, 0.3) is 5.56 Å². The van der Waals surface area contributed by atoms with Crippen molar-refractivity contribution in [2.75, 3.05) is 6.61 Å². The van der Waals surface area contributed by atoms with Crippen LogP contribution < -0.4 is 10.3 Å². The number of benzene rings is 2. The van der Waals surface area contributed by atoms with Gasteiger partial charge in [-0.05, 0) is 41.7 Å². The van der Waals surface area contributed by atoms with Crippen LogP contribution >= 0.6 is 0 Å². The number of hydrogen-bond acceptors (Lipinski definition) is 5. The number of ether oxygens (including phenoxy) is 1. The van der Waals surface area contributed by atoms with Crippen molar-refractivity contribution < 1.29 is 9.84 Å². The van der Waals surface area contributed by atoms with Crippen LogP contribution in [0.2, 0.25) is 0 Å². The summed E-state index contributed by atoms with van der Waals surface area (Å²) in [7, 11) is 0. The van der Waals surface area contributed by atoms with Gasteiger partial charge in [-0.25, -0.2) is 9.36 Å². The Balaban J connectivity index is 1.46. The van der Waals surface area contributed by atoms with Gasteiger partial charge in [0.1, 0.15) is 18.5 Å². The van der Waals surface area contributed by atoms with Gasteiger partial charge in [0.15, 0.2) is 5.52 Å². The highest BCUT2D eigenvalue weighted by molar-refractivity contribution is 5.76. The van der Waals surface area contributed by atoms with Crippen LogP contribution in [0.25, 0.3) is 16.6 Å². The number of aliphatic hydroxyl groups excluding tert-OH is 1. The molecule has 0 aliphatic rings. The molecule has 0 bridgehead atoms. The maximum Gasteiger partial charge on any atom is 0.295 e. The summed E-state index contributed by atoms with van der Waals surface area (Å²) in [5.74, 6) is 0.717. The van der Waals surface area contributed by atoms with Crippen LogP contribution in [0.15, 0.2) is 65.7 Å². The minimum absolute atomic E-state index is 0.0199. The van der Waals surface area contributed by atoms with Crippen LogP contribution in [0.3, 0.4) is 0 Å². The van der Waals surface area contributed by atoms with E-state index in [0.717, 1.165) is 17.0 Å². The van der Waals surface area contributed by atoms with Gasteiger partial charge in [0.2, 0.25) is 0 Å². The van der Waals surface area contributed by atoms with Gasteiger partial charge in [-0.3, -0.25) is 4.79 Å². The van der Waals surface area contributed by atoms with Crippen molar-refractivity contribution in [1.29, 1.82) is 0 Å². The lowest BCUT2D eigenvalue weighted by molar-refractivity contribution is 0.0878. The lowest BCUT2D eigenvalue weighted by Gasteiger charge is -2.21. The van der Waals surface area contributed by atoms with Crippen LogP contribution in [-0.2, 0) is 12.0 Å². The molecular weight excluding hydrogens is 404 g/mol. The van der Waals surface area contributed by atoms with E-state index >= 15 is 0 Å². The minimum atomic E-state index is -0.893. The van der Waals surface area contributed by atoms with Crippen LogP contribution in [0, 0.1) is 6.92 Å². The SMILES string of the molecule is Cc1cc(C(C)(C)C)ccc1OCC(O)Cn1ncc2cn(-c3ccccc3)nc2c1=O. The zero-order valence-corrected chi connectivity index (χ0v) is 18.8. The Morgan fingerprint density at radius 2 is 1.88 bits per heavy atom. The molecule has 166 valence electrons. The molecule has 1 unspecified atom stereocenters. The predicted octanol–water partition coefficient (Wildman–Crippen LogP) is 3.63. The molecule has 32 heavy (non-hydrogen) atoms. The molecule has 7 heteroatoms. The standard InChI is InChI=1S/C25H28N4O3/c1-17-12-19(25(2,3)4)10-11-22(17)32-16-21(30)15-29-24(31)23-18(13-26-29)14-28(27-23)20-8-6-5-7-9-20/h5-14,21,30H,15-16H2,1-4H3. The van der Waals surface area contributed by atoms with Crippen molar-refractivity contribution in [2.45, 2.75) is 45.8 Å². The van der Waals surface area contributed by atoms with Crippen LogP contribution in [0.4, 0.5) is 0 Å². The number of aryl methyl sites for hydroxylation is 1. The lowest BCUT2D eigenvalue weighted by Crippen LogP contribution is -2.32. The first kappa shape index (κ1) is 21.8. The Morgan fingerprint density at radius 1 is 1.12 bits per heavy atom. The zero-order chi connectivity index (χ0) is 22.9. The van der Waals surface area contributed by atoms with E-state index in [1.807, 2.05) is 49.4 Å². The molecule has 2 aromatic heterocycles. The molecule has 0 radical (unpaired) electrons. The average Bonchev–Trinajstić information content (AvgIpc) is 3.20. The maximum absolute atomic E-state index is 12.8. The van der Waals surface area contributed by atoms with Crippen molar-refractivity contribution in [3.63, 3.8) is 0 Å². The van der Waals surface area contributed by atoms with Crippen molar-refractivity contribution >= 4 is 10.9 Å². The molecule has 0 aliphatic heterocycles. The Labute approximate surface area is 186 Å². The molecule has 1 N–H and O–H groups in total. The third kappa shape index (κ3) is 4.57. The fourth-order valence-electron chi connectivity index (χ4n) is 3.51. The van der Waals surface area contributed by atoms with Gasteiger partial charge in [-0.2, -0.15) is 10.2 Å². The largest absolute Gasteiger partial charge is 0.491 e. The second kappa shape index (κ2) is 8.59. The first-order chi connectivity index (χ1) is 15.2. The van der Waals surface area contributed by atoms with Gasteiger partial charge >= 0.3 is 0 Å². The fraction of sp³-hybridized carbons (Fsp3) is 0.320. The Kier molecular flexibility index (Phi) is 5.84. The molecule has 4 rings (SSSR count). The second-order valence-corrected chi connectivity index (χ2v) is 9.04. The number of para-hydroxylation sites is 1. The quantitative estimate of drug-likeness (QED) is 0.503. The monoisotopic (exact) mass is 432 g/mol. The van der Waals surface area contributed by atoms with Crippen molar-refractivity contribution in [2.24, 2.45) is 0 Å². The molecule has 2 aromatic carbocycles. The van der Waals surface area contributed by atoms with Gasteiger partial charge < -0.3 is 9.84 Å². The summed E-state index contributed by atoms with van der Waals surface area (Å²) in [6, 6.07) is 15.6. The summed E-state index contributed by atoms with van der Waals surface area (Å²) in [5.41, 5.74) is 3.11. The molecular formula is C25H28N4O3. The molecule has 0 fully saturated rings. The van der Waals surface area contributed by atoms with Crippen LogP contribution in [-0.4, -0.2) is 37.4 Å². The summed E-state index contributed by atoms with van der Waals surface area (Å²) < 4.78 is 8.70. The van der Waals surface area contributed by atoms with Crippen LogP contribution in [0.5, 0.6) is 5.75 Å². The molecule has 0 spiro atoms. The first-order valence-corrected chi connectivity index (χ1v) is 10.7. The van der Waals surface area contributed by atoms with Crippen LogP contribution in [0.1, 0.15) is 31.9 Å². The highest BCUT2D eigenvalue weighted by Gasteiger charge is 2.16. The Bertz CT molecular complexity index is 1290. The molecule has 4 aromatic rings. The van der Waals surface area contributed by atoms with Crippen molar-refractivity contribution in [1.82, 2.24) is 19.6 Å². The Morgan fingerprint density at radius 3 is 2.56 bits per heavy atom. The zero-order valence-electron chi connectivity index (χ0n) is 18.8. The smallest absolute Gasteiger partial charge is 0.295 e. The maximum atomic E-state index is 12.8. The van der Waals surface area contributed by atoms with E-state index in [1.54, 1.807) is 17.1 Å². The topological polar surface area (TPSA) is 82.2 Å². The van der Waals surface area contributed by atoms with Crippen molar-refractivity contribution in [3.8, 4) is 11.4 Å². The first-order valence-electron chi connectivity index (χ1n) is 10.7. The van der Waals surface area contributed by atoms with E-state index in [0.29, 0.717) is 10.9 Å². The summed E-state index contributed by atoms with van der Waals surface area (Å²) >= 11 is 0. The van der Waals surface area contributed by atoms with Gasteiger partial charge in [0, 0.05) is 11.6 Å². The molecule has 0 amide bonds. The summed E-state index contributed by atoms with van der Waals surface area (Å²) in [4.78, 5) is 12.8. The van der Waals surface area contributed by atoms with Crippen molar-refractivity contribution in [3.05, 3.63) is 82.4 Å². The molecule has 1 atom stereocenters. The molecule has 0 saturated heterocycles. The molecule has 2 heterocycles. The van der Waals surface area contributed by atoms with E-state index in [-0.39, 0.29) is 24.1 Å². The average molecular weight is 433 g/mol. The summed E-state index contributed by atoms with van der Waals surface area (Å²) in [5, 5.41) is 19.7. The van der Waals surface area contributed by atoms with E-state index < -0.39 is 6.10 Å². The van der Waals surface area contributed by atoms with E-state index in [2.05, 4.69) is 37.0 Å². The van der Waals surface area contributed by atoms with E-state index in [4.69, 9.17) is 4.74 Å². The second-order valence-electron chi connectivity index (χ2n) is 9.04. The van der Waals surface area contributed by atoms with Gasteiger partial charge in [0.05, 0.1) is 18.4 Å². The number of nitrogens with zero attached hydrogens (tertiary/aromatic N) is 4. The third-order valence-corrected chi connectivity index (χ3v) is 5.39. The van der Waals surface area contributed by atoms with Gasteiger partial charge in [-0.15, -0.1) is 0 Å². The molecule has 0 saturated carbocycles. The number of hydrogen-bond donors (Lipinski definition) is 1. The highest BCUT2D eigenvalue weighted by atomic mass is 16.5. The molecule has 7 nitrogen and oxygen atoms in total. The minimum Gasteiger partial charge on any atom is -0.491 e. The normalized spacial score (nSPS) is 12.8. The number of rotatable bonds is 6. The Hall–Kier alpha value is -3.45. The number of aromatic nitrogens is 4. The molecule has 0 aliphatic carbocycles. The predicted molar refractivity (Wildman–Crippen MR) is 125 cm³/mol. The van der Waals surface area contributed by atoms with Gasteiger partial charge in [-0.1, -0.05) is 51.1 Å². The summed E-state index contributed by atoms with van der Waals surface area (Å²) in [6.07, 6.45) is 2.47. The van der Waals surface area contributed by atoms with E-state index in [9.17, 15) is 9.90 Å². The highest BCUT2D eigenvalue weighted by Crippen LogP contribution is 2.27. The number of aliphatic hydroxyl groups is 1. The lowest BCUT2D eigenvalue weighted by atomic mass is 9.86. The summed E-state index contributed by atoms with van der Waals surface area (Å²) in [6.45, 7) is 8.55. The third-order valence-electron chi connectivity index (χ3n) is 5.39. The number of fused-ring (bicyclic) bond motifs is 1.